The van der Waals surface area contributed by atoms with E-state index >= 15 is 0 Å². The second-order valence-corrected chi connectivity index (χ2v) is 1.97. The van der Waals surface area contributed by atoms with Gasteiger partial charge < -0.3 is 21.7 Å². The summed E-state index contributed by atoms with van der Waals surface area (Å²) in [6.07, 6.45) is 0. The third kappa shape index (κ3) is 0.907. The first-order valence-corrected chi connectivity index (χ1v) is 2.68. The maximum Gasteiger partial charge on any atom is 0.159 e. The molecule has 0 aliphatic carbocycles. The van der Waals surface area contributed by atoms with E-state index in [2.05, 4.69) is 0 Å². The Bertz CT molecular complexity index is 210. The van der Waals surface area contributed by atoms with Gasteiger partial charge in [0.05, 0.1) is 11.4 Å². The van der Waals surface area contributed by atoms with E-state index in [1.54, 1.807) is 0 Å². The summed E-state index contributed by atoms with van der Waals surface area (Å²) in [5, 5.41) is 17.7. The molecule has 0 bridgehead atoms. The molecule has 1 aromatic rings. The zero-order valence-corrected chi connectivity index (χ0v) is 5.20. The third-order valence-electron chi connectivity index (χ3n) is 1.18. The Morgan fingerprint density at radius 1 is 0.900 bits per heavy atom. The summed E-state index contributed by atoms with van der Waals surface area (Å²) in [6.45, 7) is 0. The molecule has 0 amide bonds. The SMILES string of the molecule is Nc1cc(O)c(O)cc1N. The standard InChI is InChI=1S/C6H8N2O2/c7-3-1-5(9)6(10)2-4(3)8/h1-2,9-10H,7-8H2. The van der Waals surface area contributed by atoms with Crippen LogP contribution in [0.25, 0.3) is 0 Å². The molecule has 0 aromatic heterocycles. The highest BCUT2D eigenvalue weighted by atomic mass is 16.3. The Morgan fingerprint density at radius 2 is 1.20 bits per heavy atom. The first-order valence-electron chi connectivity index (χ1n) is 2.68. The maximum absolute atomic E-state index is 8.84. The van der Waals surface area contributed by atoms with Crippen LogP contribution in [0.4, 0.5) is 11.4 Å². The van der Waals surface area contributed by atoms with Gasteiger partial charge in [0.25, 0.3) is 0 Å². The van der Waals surface area contributed by atoms with Gasteiger partial charge in [0, 0.05) is 12.1 Å². The van der Waals surface area contributed by atoms with Gasteiger partial charge >= 0.3 is 0 Å². The number of phenols is 2. The molecule has 0 spiro atoms. The van der Waals surface area contributed by atoms with Crippen LogP contribution in [0.5, 0.6) is 11.5 Å². The summed E-state index contributed by atoms with van der Waals surface area (Å²) >= 11 is 0. The molecule has 0 unspecified atom stereocenters. The average molecular weight is 140 g/mol. The Kier molecular flexibility index (Phi) is 1.30. The van der Waals surface area contributed by atoms with E-state index < -0.39 is 0 Å². The quantitative estimate of drug-likeness (QED) is 0.236. The Labute approximate surface area is 57.7 Å². The molecule has 0 heterocycles. The minimum atomic E-state index is -0.258. The number of nitrogens with two attached hydrogens (primary N) is 2. The summed E-state index contributed by atoms with van der Waals surface area (Å²) in [6, 6.07) is 2.40. The van der Waals surface area contributed by atoms with Gasteiger partial charge in [-0.3, -0.25) is 0 Å². The number of nitrogen functional groups attached to an aromatic ring is 2. The normalized spacial score (nSPS) is 9.60. The zero-order valence-electron chi connectivity index (χ0n) is 5.20. The molecular formula is C6H8N2O2. The van der Waals surface area contributed by atoms with Crippen LogP contribution >= 0.6 is 0 Å². The van der Waals surface area contributed by atoms with E-state index in [4.69, 9.17) is 21.7 Å². The highest BCUT2D eigenvalue weighted by Crippen LogP contribution is 2.30. The van der Waals surface area contributed by atoms with Crippen LogP contribution in [0.15, 0.2) is 12.1 Å². The summed E-state index contributed by atoms with van der Waals surface area (Å²) < 4.78 is 0. The van der Waals surface area contributed by atoms with Crippen molar-refractivity contribution in [3.8, 4) is 11.5 Å². The number of phenolic OH excluding ortho intramolecular Hbond substituents is 2. The molecule has 4 heteroatoms. The van der Waals surface area contributed by atoms with Crippen molar-refractivity contribution in [2.24, 2.45) is 0 Å². The molecule has 1 rings (SSSR count). The summed E-state index contributed by atoms with van der Waals surface area (Å²) in [7, 11) is 0. The van der Waals surface area contributed by atoms with Crippen molar-refractivity contribution in [3.63, 3.8) is 0 Å². The van der Waals surface area contributed by atoms with E-state index in [0.29, 0.717) is 0 Å². The van der Waals surface area contributed by atoms with E-state index in [1.165, 1.54) is 12.1 Å². The topological polar surface area (TPSA) is 92.5 Å². The second-order valence-electron chi connectivity index (χ2n) is 1.97. The molecule has 0 saturated carbocycles. The smallest absolute Gasteiger partial charge is 0.159 e. The van der Waals surface area contributed by atoms with E-state index in [1.807, 2.05) is 0 Å². The second kappa shape index (κ2) is 1.98. The molecular weight excluding hydrogens is 132 g/mol. The van der Waals surface area contributed by atoms with Crippen molar-refractivity contribution in [3.05, 3.63) is 12.1 Å². The number of anilines is 2. The predicted octanol–water partition coefficient (Wildman–Crippen LogP) is 0.262. The number of hydrogen-bond donors (Lipinski definition) is 4. The van der Waals surface area contributed by atoms with Gasteiger partial charge in [0.1, 0.15) is 0 Å². The van der Waals surface area contributed by atoms with Crippen molar-refractivity contribution in [1.29, 1.82) is 0 Å². The molecule has 6 N–H and O–H groups in total. The fourth-order valence-corrected chi connectivity index (χ4v) is 0.609. The summed E-state index contributed by atoms with van der Waals surface area (Å²) in [4.78, 5) is 0. The first-order chi connectivity index (χ1) is 4.61. The zero-order chi connectivity index (χ0) is 7.72. The van der Waals surface area contributed by atoms with Crippen molar-refractivity contribution in [1.82, 2.24) is 0 Å². The van der Waals surface area contributed by atoms with E-state index in [-0.39, 0.29) is 22.9 Å². The number of aromatic hydroxyl groups is 2. The molecule has 0 fully saturated rings. The number of rotatable bonds is 0. The minimum absolute atomic E-state index is 0.258. The van der Waals surface area contributed by atoms with Crippen molar-refractivity contribution in [2.45, 2.75) is 0 Å². The fourth-order valence-electron chi connectivity index (χ4n) is 0.609. The number of benzene rings is 1. The van der Waals surface area contributed by atoms with Crippen LogP contribution in [0.1, 0.15) is 0 Å². The number of hydrogen-bond acceptors (Lipinski definition) is 4. The van der Waals surface area contributed by atoms with Gasteiger partial charge in [-0.25, -0.2) is 0 Å². The maximum atomic E-state index is 8.84. The lowest BCUT2D eigenvalue weighted by Crippen LogP contribution is -1.93. The van der Waals surface area contributed by atoms with E-state index in [9.17, 15) is 0 Å². The molecule has 0 radical (unpaired) electrons. The van der Waals surface area contributed by atoms with Crippen molar-refractivity contribution >= 4 is 11.4 Å². The molecule has 0 aliphatic rings. The lowest BCUT2D eigenvalue weighted by Gasteiger charge is -2.01. The fraction of sp³-hybridized carbons (Fsp3) is 0. The van der Waals surface area contributed by atoms with Crippen LogP contribution in [0, 0.1) is 0 Å². The van der Waals surface area contributed by atoms with Crippen LogP contribution in [0.3, 0.4) is 0 Å². The lowest BCUT2D eigenvalue weighted by molar-refractivity contribution is 0.404. The Hall–Kier alpha value is -1.58. The monoisotopic (exact) mass is 140 g/mol. The van der Waals surface area contributed by atoms with Gasteiger partial charge in [-0.1, -0.05) is 0 Å². The third-order valence-corrected chi connectivity index (χ3v) is 1.18. The van der Waals surface area contributed by atoms with Gasteiger partial charge in [-0.2, -0.15) is 0 Å². The molecule has 0 saturated heterocycles. The first kappa shape index (κ1) is 6.54. The van der Waals surface area contributed by atoms with E-state index in [0.717, 1.165) is 0 Å². The largest absolute Gasteiger partial charge is 0.504 e. The molecule has 0 aliphatic heterocycles. The molecule has 0 atom stereocenters. The van der Waals surface area contributed by atoms with Crippen LogP contribution < -0.4 is 11.5 Å². The molecule has 10 heavy (non-hydrogen) atoms. The van der Waals surface area contributed by atoms with Crippen LogP contribution in [0.2, 0.25) is 0 Å². The Balaban J connectivity index is 3.28. The Morgan fingerprint density at radius 3 is 1.50 bits per heavy atom. The highest BCUT2D eigenvalue weighted by molar-refractivity contribution is 5.68. The molecule has 54 valence electrons. The van der Waals surface area contributed by atoms with Crippen molar-refractivity contribution in [2.75, 3.05) is 11.5 Å². The van der Waals surface area contributed by atoms with Crippen molar-refractivity contribution < 1.29 is 10.2 Å². The highest BCUT2D eigenvalue weighted by Gasteiger charge is 2.01. The van der Waals surface area contributed by atoms with Crippen LogP contribution in [-0.2, 0) is 0 Å². The molecule has 4 nitrogen and oxygen atoms in total. The van der Waals surface area contributed by atoms with Gasteiger partial charge in [0.15, 0.2) is 11.5 Å². The predicted molar refractivity (Wildman–Crippen MR) is 38.6 cm³/mol. The summed E-state index contributed by atoms with van der Waals surface area (Å²) in [5.41, 5.74) is 11.1. The summed E-state index contributed by atoms with van der Waals surface area (Å²) in [5.74, 6) is -0.515. The minimum Gasteiger partial charge on any atom is -0.504 e. The van der Waals surface area contributed by atoms with Gasteiger partial charge in [-0.15, -0.1) is 0 Å². The molecule has 1 aromatic carbocycles. The van der Waals surface area contributed by atoms with Crippen LogP contribution in [-0.4, -0.2) is 10.2 Å². The lowest BCUT2D eigenvalue weighted by atomic mass is 10.2. The van der Waals surface area contributed by atoms with Gasteiger partial charge in [-0.05, 0) is 0 Å². The average Bonchev–Trinajstić information content (AvgIpc) is 1.84. The van der Waals surface area contributed by atoms with Gasteiger partial charge in [0.2, 0.25) is 0 Å².